The van der Waals surface area contributed by atoms with Crippen molar-refractivity contribution < 1.29 is 22.7 Å². The number of carbonyl (C=O) groups excluding carboxylic acids is 1. The molecule has 2 aromatic rings. The second-order valence-corrected chi connectivity index (χ2v) is 5.26. The molecule has 0 fully saturated rings. The van der Waals surface area contributed by atoms with Gasteiger partial charge in [0.15, 0.2) is 6.61 Å². The Hall–Kier alpha value is -2.51. The Bertz CT molecular complexity index is 683. The number of nitrogens with one attached hydrogen (secondary N) is 2. The number of aromatic nitrogens is 2. The molecule has 0 atom stereocenters. The maximum absolute atomic E-state index is 12.1. The maximum Gasteiger partial charge on any atom is 0.422 e. The molecule has 2 N–H and O–H groups in total. The second-order valence-electron chi connectivity index (χ2n) is 5.26. The van der Waals surface area contributed by atoms with E-state index >= 15 is 0 Å². The molecule has 0 saturated heterocycles. The van der Waals surface area contributed by atoms with Gasteiger partial charge in [-0.2, -0.15) is 18.3 Å². The maximum atomic E-state index is 12.1. The first kappa shape index (κ1) is 17.8. The molecule has 1 amide bonds. The third kappa shape index (κ3) is 5.60. The van der Waals surface area contributed by atoms with Gasteiger partial charge in [0.25, 0.3) is 5.91 Å². The summed E-state index contributed by atoms with van der Waals surface area (Å²) >= 11 is 0. The van der Waals surface area contributed by atoms with E-state index < -0.39 is 12.8 Å². The van der Waals surface area contributed by atoms with Crippen LogP contribution >= 0.6 is 0 Å². The van der Waals surface area contributed by atoms with E-state index in [-0.39, 0.29) is 23.9 Å². The fourth-order valence-corrected chi connectivity index (χ4v) is 2.06. The van der Waals surface area contributed by atoms with Crippen molar-refractivity contribution in [2.45, 2.75) is 32.5 Å². The molecule has 0 aliphatic carbocycles. The van der Waals surface area contributed by atoms with E-state index in [1.807, 2.05) is 6.92 Å². The van der Waals surface area contributed by atoms with E-state index in [1.165, 1.54) is 12.1 Å². The molecule has 0 aliphatic rings. The number of aromatic amines is 1. The summed E-state index contributed by atoms with van der Waals surface area (Å²) in [7, 11) is 0. The summed E-state index contributed by atoms with van der Waals surface area (Å²) in [6.45, 7) is 0.836. The van der Waals surface area contributed by atoms with Crippen LogP contribution in [0.25, 0.3) is 0 Å². The van der Waals surface area contributed by atoms with E-state index in [0.29, 0.717) is 5.56 Å². The molecule has 0 unspecified atom stereocenters. The molecule has 8 heteroatoms. The van der Waals surface area contributed by atoms with Crippen LogP contribution in [-0.2, 0) is 13.0 Å². The predicted molar refractivity (Wildman–Crippen MR) is 81.7 cm³/mol. The van der Waals surface area contributed by atoms with Gasteiger partial charge in [0.05, 0.1) is 0 Å². The standard InChI is InChI=1S/C16H18F3N3O2/c1-2-4-12-8-14(22-21-12)15(23)20-9-11-5-3-6-13(7-11)24-10-16(17,18)19/h3,5-8H,2,4,9-10H2,1H3,(H,20,23)(H,21,22). The Kier molecular flexibility index (Phi) is 5.83. The predicted octanol–water partition coefficient (Wildman–Crippen LogP) is 3.23. The van der Waals surface area contributed by atoms with E-state index in [9.17, 15) is 18.0 Å². The number of ether oxygens (including phenoxy) is 1. The highest BCUT2D eigenvalue weighted by molar-refractivity contribution is 5.92. The molecule has 1 heterocycles. The third-order valence-corrected chi connectivity index (χ3v) is 3.14. The molecule has 0 saturated carbocycles. The van der Waals surface area contributed by atoms with Crippen LogP contribution in [0.15, 0.2) is 30.3 Å². The number of rotatable bonds is 7. The number of carbonyl (C=O) groups is 1. The van der Waals surface area contributed by atoms with Crippen molar-refractivity contribution in [1.82, 2.24) is 15.5 Å². The van der Waals surface area contributed by atoms with Crippen LogP contribution in [0.3, 0.4) is 0 Å². The Morgan fingerprint density at radius 3 is 2.83 bits per heavy atom. The molecule has 0 spiro atoms. The van der Waals surface area contributed by atoms with Crippen LogP contribution in [0.4, 0.5) is 13.2 Å². The van der Waals surface area contributed by atoms with Crippen molar-refractivity contribution in [3.05, 3.63) is 47.3 Å². The van der Waals surface area contributed by atoms with Gasteiger partial charge in [-0.15, -0.1) is 0 Å². The van der Waals surface area contributed by atoms with Crippen molar-refractivity contribution in [3.63, 3.8) is 0 Å². The molecule has 0 aliphatic heterocycles. The lowest BCUT2D eigenvalue weighted by Crippen LogP contribution is -2.23. The zero-order valence-electron chi connectivity index (χ0n) is 13.1. The summed E-state index contributed by atoms with van der Waals surface area (Å²) in [5.74, 6) is -0.251. The van der Waals surface area contributed by atoms with Crippen LogP contribution in [0.1, 0.15) is 35.1 Å². The highest BCUT2D eigenvalue weighted by atomic mass is 19.4. The van der Waals surface area contributed by atoms with Crippen LogP contribution in [-0.4, -0.2) is 28.9 Å². The molecule has 0 bridgehead atoms. The monoisotopic (exact) mass is 341 g/mol. The number of alkyl halides is 3. The average molecular weight is 341 g/mol. The van der Waals surface area contributed by atoms with Crippen LogP contribution in [0.2, 0.25) is 0 Å². The van der Waals surface area contributed by atoms with Crippen LogP contribution in [0, 0.1) is 0 Å². The molecule has 130 valence electrons. The smallest absolute Gasteiger partial charge is 0.422 e. The molecule has 1 aromatic heterocycles. The van der Waals surface area contributed by atoms with Crippen molar-refractivity contribution in [2.24, 2.45) is 0 Å². The minimum absolute atomic E-state index is 0.101. The van der Waals surface area contributed by atoms with Gasteiger partial charge < -0.3 is 10.1 Å². The van der Waals surface area contributed by atoms with Crippen molar-refractivity contribution in [1.29, 1.82) is 0 Å². The highest BCUT2D eigenvalue weighted by Crippen LogP contribution is 2.19. The van der Waals surface area contributed by atoms with Gasteiger partial charge in [0.1, 0.15) is 11.4 Å². The molecular weight excluding hydrogens is 323 g/mol. The van der Waals surface area contributed by atoms with Gasteiger partial charge in [-0.25, -0.2) is 0 Å². The Morgan fingerprint density at radius 1 is 1.33 bits per heavy atom. The molecule has 5 nitrogen and oxygen atoms in total. The largest absolute Gasteiger partial charge is 0.484 e. The molecule has 2 rings (SSSR count). The van der Waals surface area contributed by atoms with Crippen molar-refractivity contribution >= 4 is 5.91 Å². The number of hydrogen-bond donors (Lipinski definition) is 2. The van der Waals surface area contributed by atoms with Crippen LogP contribution in [0.5, 0.6) is 5.75 Å². The Morgan fingerprint density at radius 2 is 2.12 bits per heavy atom. The minimum atomic E-state index is -4.39. The van der Waals surface area contributed by atoms with E-state index in [2.05, 4.69) is 20.3 Å². The molecule has 1 aromatic carbocycles. The van der Waals surface area contributed by atoms with Crippen LogP contribution < -0.4 is 10.1 Å². The number of hydrogen-bond acceptors (Lipinski definition) is 3. The number of halogens is 3. The zero-order chi connectivity index (χ0) is 17.6. The number of H-pyrrole nitrogens is 1. The third-order valence-electron chi connectivity index (χ3n) is 3.14. The quantitative estimate of drug-likeness (QED) is 0.812. The zero-order valence-corrected chi connectivity index (χ0v) is 13.1. The number of amides is 1. The number of nitrogens with zero attached hydrogens (tertiary/aromatic N) is 1. The van der Waals surface area contributed by atoms with Gasteiger partial charge >= 0.3 is 6.18 Å². The van der Waals surface area contributed by atoms with Gasteiger partial charge in [-0.3, -0.25) is 9.89 Å². The van der Waals surface area contributed by atoms with E-state index in [4.69, 9.17) is 0 Å². The molecular formula is C16H18F3N3O2. The van der Waals surface area contributed by atoms with Crippen molar-refractivity contribution in [3.8, 4) is 5.75 Å². The first-order valence-electron chi connectivity index (χ1n) is 7.48. The fourth-order valence-electron chi connectivity index (χ4n) is 2.06. The summed E-state index contributed by atoms with van der Waals surface area (Å²) in [6.07, 6.45) is -2.65. The first-order chi connectivity index (χ1) is 11.4. The molecule has 24 heavy (non-hydrogen) atoms. The summed E-state index contributed by atoms with van der Waals surface area (Å²) in [6, 6.07) is 7.83. The lowest BCUT2D eigenvalue weighted by atomic mass is 10.2. The van der Waals surface area contributed by atoms with Gasteiger partial charge in [0.2, 0.25) is 0 Å². The normalized spacial score (nSPS) is 11.3. The summed E-state index contributed by atoms with van der Waals surface area (Å²) in [5.41, 5.74) is 1.79. The molecule has 0 radical (unpaired) electrons. The van der Waals surface area contributed by atoms with Gasteiger partial charge in [-0.05, 0) is 30.2 Å². The summed E-state index contributed by atoms with van der Waals surface area (Å²) < 4.78 is 41.1. The summed E-state index contributed by atoms with van der Waals surface area (Å²) in [4.78, 5) is 12.0. The number of aryl methyl sites for hydroxylation is 1. The fraction of sp³-hybridized carbons (Fsp3) is 0.375. The average Bonchev–Trinajstić information content (AvgIpc) is 2.99. The Balaban J connectivity index is 1.90. The first-order valence-corrected chi connectivity index (χ1v) is 7.48. The minimum Gasteiger partial charge on any atom is -0.484 e. The number of benzene rings is 1. The SMILES string of the molecule is CCCc1cc(C(=O)NCc2cccc(OCC(F)(F)F)c2)n[nH]1. The van der Waals surface area contributed by atoms with Gasteiger partial charge in [-0.1, -0.05) is 25.5 Å². The van der Waals surface area contributed by atoms with Crippen molar-refractivity contribution in [2.75, 3.05) is 6.61 Å². The van der Waals surface area contributed by atoms with E-state index in [1.54, 1.807) is 18.2 Å². The lowest BCUT2D eigenvalue weighted by molar-refractivity contribution is -0.153. The lowest BCUT2D eigenvalue weighted by Gasteiger charge is -2.10. The van der Waals surface area contributed by atoms with Gasteiger partial charge in [0, 0.05) is 12.2 Å². The second kappa shape index (κ2) is 7.85. The van der Waals surface area contributed by atoms with E-state index in [0.717, 1.165) is 18.5 Å². The topological polar surface area (TPSA) is 67.0 Å². The summed E-state index contributed by atoms with van der Waals surface area (Å²) in [5, 5.41) is 9.39. The Labute approximate surface area is 137 Å². The highest BCUT2D eigenvalue weighted by Gasteiger charge is 2.28.